The maximum absolute atomic E-state index is 14.5. The average molecular weight is 519 g/mol. The van der Waals surface area contributed by atoms with Crippen molar-refractivity contribution in [3.05, 3.63) is 74.9 Å². The number of carbonyl (C=O) groups excluding carboxylic acids is 1. The minimum absolute atomic E-state index is 0.0372. The lowest BCUT2D eigenvalue weighted by molar-refractivity contribution is -0.136. The summed E-state index contributed by atoms with van der Waals surface area (Å²) in [6, 6.07) is 1.45. The number of morpholine rings is 1. The monoisotopic (exact) mass is 518 g/mol. The van der Waals surface area contributed by atoms with Crippen molar-refractivity contribution < 1.29 is 33.0 Å². The Morgan fingerprint density at radius 3 is 2.89 bits per heavy atom. The van der Waals surface area contributed by atoms with E-state index < -0.39 is 35.7 Å². The molecule has 1 aromatic carbocycles. The highest BCUT2D eigenvalue weighted by atomic mass is 32.1. The van der Waals surface area contributed by atoms with Crippen LogP contribution in [0.3, 0.4) is 0 Å². The first kappa shape index (κ1) is 25.6. The number of benzene rings is 1. The molecule has 0 spiro atoms. The molecule has 0 amide bonds. The van der Waals surface area contributed by atoms with Gasteiger partial charge in [-0.1, -0.05) is 6.07 Å². The van der Waals surface area contributed by atoms with Gasteiger partial charge in [-0.3, -0.25) is 9.89 Å². The first-order valence-corrected chi connectivity index (χ1v) is 11.9. The van der Waals surface area contributed by atoms with Gasteiger partial charge in [-0.15, -0.1) is 11.3 Å². The van der Waals surface area contributed by atoms with E-state index in [9.17, 15) is 18.4 Å². The van der Waals surface area contributed by atoms with Crippen molar-refractivity contribution in [1.82, 2.24) is 15.2 Å². The molecular formula is C24H24F2N4O5S. The summed E-state index contributed by atoms with van der Waals surface area (Å²) in [6.07, 6.45) is 3.66. The second-order valence-corrected chi connectivity index (χ2v) is 9.04. The molecule has 190 valence electrons. The Labute approximate surface area is 209 Å². The van der Waals surface area contributed by atoms with E-state index in [0.29, 0.717) is 41.8 Å². The van der Waals surface area contributed by atoms with Crippen LogP contribution < -0.4 is 5.32 Å². The summed E-state index contributed by atoms with van der Waals surface area (Å²) in [5, 5.41) is 14.4. The third kappa shape index (κ3) is 5.50. The quantitative estimate of drug-likeness (QED) is 0.425. The smallest absolute Gasteiger partial charge is 0.338 e. The van der Waals surface area contributed by atoms with Crippen molar-refractivity contribution in [2.45, 2.75) is 19.1 Å². The molecule has 3 heterocycles. The van der Waals surface area contributed by atoms with Gasteiger partial charge in [-0.05, 0) is 30.2 Å². The van der Waals surface area contributed by atoms with Crippen LogP contribution >= 0.6 is 11.3 Å². The van der Waals surface area contributed by atoms with Crippen LogP contribution in [0.1, 0.15) is 22.2 Å². The summed E-state index contributed by atoms with van der Waals surface area (Å²) in [7, 11) is 1.24. The number of nitrogens with zero attached hydrogens (tertiary/aromatic N) is 3. The van der Waals surface area contributed by atoms with Crippen LogP contribution in [0.15, 0.2) is 52.1 Å². The lowest BCUT2D eigenvalue weighted by Crippen LogP contribution is -2.46. The number of aromatic nitrogens is 1. The molecule has 12 heteroatoms. The first-order valence-electron chi connectivity index (χ1n) is 11.0. The predicted octanol–water partition coefficient (Wildman–Crippen LogP) is 2.59. The summed E-state index contributed by atoms with van der Waals surface area (Å²) in [5.74, 6) is -3.35. The summed E-state index contributed by atoms with van der Waals surface area (Å²) in [5.41, 5.74) is 0.997. The minimum atomic E-state index is -1.07. The van der Waals surface area contributed by atoms with E-state index in [1.54, 1.807) is 11.6 Å². The number of rotatable bonds is 7. The Kier molecular flexibility index (Phi) is 7.87. The number of hydrogen-bond acceptors (Lipinski definition) is 9. The molecule has 2 N–H and O–H groups in total. The molecule has 1 aromatic heterocycles. The summed E-state index contributed by atoms with van der Waals surface area (Å²) >= 11 is 1.33. The third-order valence-corrected chi connectivity index (χ3v) is 6.63. The van der Waals surface area contributed by atoms with Gasteiger partial charge < -0.3 is 19.9 Å². The summed E-state index contributed by atoms with van der Waals surface area (Å²) in [4.78, 5) is 34.9. The van der Waals surface area contributed by atoms with Gasteiger partial charge >= 0.3 is 11.9 Å². The molecule has 0 saturated carbocycles. The number of methoxy groups -OCH3 is 1. The fourth-order valence-electron chi connectivity index (χ4n) is 4.11. The molecule has 2 aromatic rings. The normalized spacial score (nSPS) is 20.8. The topological polar surface area (TPSA) is 113 Å². The molecule has 2 aliphatic rings. The fraction of sp³-hybridized carbons (Fsp3) is 0.333. The minimum Gasteiger partial charge on any atom is -0.478 e. The Morgan fingerprint density at radius 2 is 2.19 bits per heavy atom. The molecule has 2 atom stereocenters. The van der Waals surface area contributed by atoms with Crippen molar-refractivity contribution in [1.29, 1.82) is 0 Å². The number of amidine groups is 1. The molecule has 0 radical (unpaired) electrons. The molecule has 0 bridgehead atoms. The van der Waals surface area contributed by atoms with Gasteiger partial charge in [0.15, 0.2) is 22.5 Å². The van der Waals surface area contributed by atoms with E-state index in [0.717, 1.165) is 12.1 Å². The Bertz CT molecular complexity index is 1250. The van der Waals surface area contributed by atoms with Crippen LogP contribution in [0.25, 0.3) is 0 Å². The molecule has 2 aliphatic heterocycles. The van der Waals surface area contributed by atoms with Crippen molar-refractivity contribution in [3.63, 3.8) is 0 Å². The third-order valence-electron chi connectivity index (χ3n) is 5.85. The fourth-order valence-corrected chi connectivity index (χ4v) is 4.70. The van der Waals surface area contributed by atoms with Crippen LogP contribution in [-0.4, -0.2) is 72.2 Å². The average Bonchev–Trinajstić information content (AvgIpc) is 3.41. The molecule has 2 unspecified atom stereocenters. The van der Waals surface area contributed by atoms with Crippen LogP contribution in [-0.2, 0) is 19.1 Å². The number of carbonyl (C=O) groups is 2. The van der Waals surface area contributed by atoms with E-state index in [1.165, 1.54) is 37.5 Å². The maximum Gasteiger partial charge on any atom is 0.338 e. The number of ether oxygens (including phenoxy) is 2. The van der Waals surface area contributed by atoms with E-state index in [4.69, 9.17) is 14.6 Å². The van der Waals surface area contributed by atoms with Gasteiger partial charge in [0.1, 0.15) is 6.04 Å². The first-order chi connectivity index (χ1) is 17.3. The number of thiazole rings is 1. The number of esters is 1. The largest absolute Gasteiger partial charge is 0.478 e. The molecule has 4 rings (SSSR count). The van der Waals surface area contributed by atoms with Gasteiger partial charge in [-0.25, -0.2) is 23.4 Å². The number of aliphatic carboxylic acids is 1. The van der Waals surface area contributed by atoms with E-state index in [2.05, 4.69) is 15.3 Å². The zero-order valence-electron chi connectivity index (χ0n) is 19.5. The Hall–Kier alpha value is -3.48. The van der Waals surface area contributed by atoms with Gasteiger partial charge in [0.2, 0.25) is 0 Å². The van der Waals surface area contributed by atoms with E-state index in [1.807, 2.05) is 4.90 Å². The predicted molar refractivity (Wildman–Crippen MR) is 128 cm³/mol. The van der Waals surface area contributed by atoms with Crippen molar-refractivity contribution in [2.75, 3.05) is 33.4 Å². The highest BCUT2D eigenvalue weighted by Crippen LogP contribution is 2.36. The van der Waals surface area contributed by atoms with Gasteiger partial charge in [0.25, 0.3) is 0 Å². The molecule has 0 aliphatic carbocycles. The molecule has 1 fully saturated rings. The highest BCUT2D eigenvalue weighted by molar-refractivity contribution is 7.11. The zero-order chi connectivity index (χ0) is 25.8. The van der Waals surface area contributed by atoms with Crippen LogP contribution in [0.4, 0.5) is 8.78 Å². The van der Waals surface area contributed by atoms with Crippen LogP contribution in [0, 0.1) is 18.6 Å². The molecule has 36 heavy (non-hydrogen) atoms. The second kappa shape index (κ2) is 11.1. The number of aliphatic imine (C=N–C) groups is 1. The van der Waals surface area contributed by atoms with Crippen LogP contribution in [0.2, 0.25) is 0 Å². The molecular weight excluding hydrogens is 494 g/mol. The van der Waals surface area contributed by atoms with Crippen LogP contribution in [0.5, 0.6) is 0 Å². The second-order valence-electron chi connectivity index (χ2n) is 8.14. The van der Waals surface area contributed by atoms with Crippen molar-refractivity contribution >= 4 is 29.1 Å². The van der Waals surface area contributed by atoms with Gasteiger partial charge in [0.05, 0.1) is 25.4 Å². The maximum atomic E-state index is 14.5. The number of nitrogens with one attached hydrogen (secondary N) is 1. The Balaban J connectivity index is 1.76. The van der Waals surface area contributed by atoms with Crippen molar-refractivity contribution in [3.8, 4) is 0 Å². The SMILES string of the molecule is COC(=O)C1=C(CN2CCOC(/C=C/C(=O)O)C2)NC(c2nccs2)=NC1c1ccc(F)c(F)c1C. The van der Waals surface area contributed by atoms with Gasteiger partial charge in [-0.2, -0.15) is 0 Å². The molecule has 9 nitrogen and oxygen atoms in total. The van der Waals surface area contributed by atoms with E-state index >= 15 is 0 Å². The lowest BCUT2D eigenvalue weighted by Gasteiger charge is -2.34. The zero-order valence-corrected chi connectivity index (χ0v) is 20.3. The number of hydrogen-bond donors (Lipinski definition) is 2. The summed E-state index contributed by atoms with van der Waals surface area (Å²) in [6.45, 7) is 2.94. The van der Waals surface area contributed by atoms with Gasteiger partial charge in [0, 0.05) is 43.0 Å². The standard InChI is InChI=1S/C24H24F2N4O5S/c1-13-15(4-5-16(25)20(13)26)21-19(24(33)34-2)17(28-22(29-21)23-27-7-10-36-23)12-30-8-9-35-14(11-30)3-6-18(31)32/h3-7,10,14,21H,8-9,11-12H2,1-2H3,(H,28,29)(H,31,32)/b6-3+. The number of carboxylic acid groups (broad SMARTS) is 1. The summed E-state index contributed by atoms with van der Waals surface area (Å²) < 4.78 is 39.1. The van der Waals surface area contributed by atoms with E-state index in [-0.39, 0.29) is 17.7 Å². The number of carboxylic acids is 1. The van der Waals surface area contributed by atoms with Crippen molar-refractivity contribution in [2.24, 2.45) is 4.99 Å². The Morgan fingerprint density at radius 1 is 1.39 bits per heavy atom. The number of halogens is 2. The highest BCUT2D eigenvalue weighted by Gasteiger charge is 2.35. The molecule has 1 saturated heterocycles. The lowest BCUT2D eigenvalue weighted by atomic mass is 9.92.